The maximum absolute atomic E-state index is 13.1. The fourth-order valence-electron chi connectivity index (χ4n) is 3.39. The van der Waals surface area contributed by atoms with Crippen LogP contribution in [-0.4, -0.2) is 71.9 Å². The van der Waals surface area contributed by atoms with Crippen molar-refractivity contribution in [3.05, 3.63) is 59.7 Å². The van der Waals surface area contributed by atoms with Crippen LogP contribution < -0.4 is 4.74 Å². The van der Waals surface area contributed by atoms with Crippen LogP contribution >= 0.6 is 0 Å². The van der Waals surface area contributed by atoms with Crippen LogP contribution in [0.4, 0.5) is 0 Å². The molecule has 3 rings (SSSR count). The largest absolute Gasteiger partial charge is 0.491 e. The molecule has 0 radical (unpaired) electrons. The van der Waals surface area contributed by atoms with Gasteiger partial charge in [-0.2, -0.15) is 8.61 Å². The summed E-state index contributed by atoms with van der Waals surface area (Å²) in [6.07, 6.45) is 0. The maximum atomic E-state index is 13.1. The number of aryl methyl sites for hydroxylation is 1. The molecular formula is C21H28N2O6S2. The van der Waals surface area contributed by atoms with Gasteiger partial charge in [0.15, 0.2) is 0 Å². The summed E-state index contributed by atoms with van der Waals surface area (Å²) >= 11 is 0. The molecule has 0 amide bonds. The lowest BCUT2D eigenvalue weighted by Gasteiger charge is -2.33. The van der Waals surface area contributed by atoms with Gasteiger partial charge in [-0.05, 0) is 36.2 Å². The summed E-state index contributed by atoms with van der Waals surface area (Å²) in [6.45, 7) is 3.09. The Labute approximate surface area is 184 Å². The van der Waals surface area contributed by atoms with E-state index in [1.807, 2.05) is 6.07 Å². The van der Waals surface area contributed by atoms with Crippen LogP contribution in [0.2, 0.25) is 0 Å². The van der Waals surface area contributed by atoms with E-state index in [0.717, 1.165) is 0 Å². The lowest BCUT2D eigenvalue weighted by molar-refractivity contribution is 0.146. The molecule has 1 aliphatic heterocycles. The second kappa shape index (κ2) is 10.1. The first kappa shape index (κ1) is 23.7. The van der Waals surface area contributed by atoms with Crippen LogP contribution in [0.3, 0.4) is 0 Å². The Morgan fingerprint density at radius 1 is 0.871 bits per heavy atom. The molecule has 1 fully saturated rings. The number of sulfonamides is 2. The minimum atomic E-state index is -3.72. The molecule has 170 valence electrons. The number of methoxy groups -OCH3 is 1. The van der Waals surface area contributed by atoms with Crippen molar-refractivity contribution in [1.82, 2.24) is 8.61 Å². The van der Waals surface area contributed by atoms with Gasteiger partial charge in [0, 0.05) is 33.3 Å². The Morgan fingerprint density at radius 2 is 1.52 bits per heavy atom. The molecule has 0 aliphatic carbocycles. The molecule has 1 heterocycles. The van der Waals surface area contributed by atoms with Gasteiger partial charge in [0.1, 0.15) is 12.4 Å². The molecule has 0 atom stereocenters. The fourth-order valence-corrected chi connectivity index (χ4v) is 6.42. The van der Waals surface area contributed by atoms with E-state index in [0.29, 0.717) is 30.1 Å². The van der Waals surface area contributed by atoms with Crippen molar-refractivity contribution < 1.29 is 26.3 Å². The summed E-state index contributed by atoms with van der Waals surface area (Å²) in [5, 5.41) is 0. The number of piperazine rings is 1. The number of benzene rings is 2. The average Bonchev–Trinajstić information content (AvgIpc) is 2.75. The highest BCUT2D eigenvalue weighted by Gasteiger charge is 2.33. The molecule has 0 N–H and O–H groups in total. The number of ether oxygens (including phenoxy) is 2. The third-order valence-electron chi connectivity index (χ3n) is 5.11. The van der Waals surface area contributed by atoms with Crippen LogP contribution in [0.5, 0.6) is 5.75 Å². The molecule has 10 heteroatoms. The molecular weight excluding hydrogens is 440 g/mol. The highest BCUT2D eigenvalue weighted by atomic mass is 32.2. The van der Waals surface area contributed by atoms with Crippen molar-refractivity contribution in [2.24, 2.45) is 0 Å². The van der Waals surface area contributed by atoms with E-state index in [4.69, 9.17) is 9.47 Å². The quantitative estimate of drug-likeness (QED) is 0.522. The molecule has 8 nitrogen and oxygen atoms in total. The van der Waals surface area contributed by atoms with E-state index in [1.165, 1.54) is 14.7 Å². The molecule has 0 bridgehead atoms. The molecule has 0 aromatic heterocycles. The standard InChI is InChI=1S/C21H28N2O6S2/c1-18-16-20(8-9-21(18)29-15-14-28-2)31(26,27)23-12-10-22(11-13-23)30(24,25)17-19-6-4-3-5-7-19/h3-9,16H,10-15,17H2,1-2H3. The highest BCUT2D eigenvalue weighted by Crippen LogP contribution is 2.25. The lowest BCUT2D eigenvalue weighted by Crippen LogP contribution is -2.50. The Balaban J connectivity index is 1.65. The highest BCUT2D eigenvalue weighted by molar-refractivity contribution is 7.89. The Bertz CT molecular complexity index is 1080. The van der Waals surface area contributed by atoms with E-state index in [1.54, 1.807) is 50.4 Å². The van der Waals surface area contributed by atoms with Crippen LogP contribution in [0, 0.1) is 6.92 Å². The Morgan fingerprint density at radius 3 is 2.13 bits per heavy atom. The predicted molar refractivity (Wildman–Crippen MR) is 118 cm³/mol. The monoisotopic (exact) mass is 468 g/mol. The zero-order valence-electron chi connectivity index (χ0n) is 17.7. The van der Waals surface area contributed by atoms with Crippen molar-refractivity contribution in [3.8, 4) is 5.75 Å². The van der Waals surface area contributed by atoms with Gasteiger partial charge >= 0.3 is 0 Å². The molecule has 31 heavy (non-hydrogen) atoms. The second-order valence-electron chi connectivity index (χ2n) is 7.31. The van der Waals surface area contributed by atoms with E-state index in [2.05, 4.69) is 0 Å². The zero-order valence-corrected chi connectivity index (χ0v) is 19.4. The smallest absolute Gasteiger partial charge is 0.243 e. The molecule has 1 aliphatic rings. The average molecular weight is 469 g/mol. The number of rotatable bonds is 9. The molecule has 0 unspecified atom stereocenters. The lowest BCUT2D eigenvalue weighted by atomic mass is 10.2. The minimum Gasteiger partial charge on any atom is -0.491 e. The van der Waals surface area contributed by atoms with Gasteiger partial charge in [0.25, 0.3) is 0 Å². The van der Waals surface area contributed by atoms with Gasteiger partial charge in [-0.15, -0.1) is 0 Å². The van der Waals surface area contributed by atoms with Crippen molar-refractivity contribution in [3.63, 3.8) is 0 Å². The third kappa shape index (κ3) is 5.83. The summed E-state index contributed by atoms with van der Waals surface area (Å²) in [5.41, 5.74) is 1.42. The van der Waals surface area contributed by atoms with Gasteiger partial charge in [-0.3, -0.25) is 0 Å². The van der Waals surface area contributed by atoms with Gasteiger partial charge in [-0.25, -0.2) is 16.8 Å². The first-order valence-corrected chi connectivity index (χ1v) is 13.0. The minimum absolute atomic E-state index is 0.0929. The molecule has 0 spiro atoms. The van der Waals surface area contributed by atoms with E-state index in [-0.39, 0.29) is 36.8 Å². The molecule has 2 aromatic rings. The summed E-state index contributed by atoms with van der Waals surface area (Å²) in [6, 6.07) is 13.7. The Hall–Kier alpha value is -1.98. The van der Waals surface area contributed by atoms with Crippen LogP contribution in [0.25, 0.3) is 0 Å². The summed E-state index contributed by atoms with van der Waals surface area (Å²) in [4.78, 5) is 0.171. The zero-order chi connectivity index (χ0) is 22.5. The SMILES string of the molecule is COCCOc1ccc(S(=O)(=O)N2CCN(S(=O)(=O)Cc3ccccc3)CC2)cc1C. The topological polar surface area (TPSA) is 93.2 Å². The first-order valence-electron chi connectivity index (χ1n) is 9.98. The molecule has 1 saturated heterocycles. The van der Waals surface area contributed by atoms with Crippen LogP contribution in [0.15, 0.2) is 53.4 Å². The van der Waals surface area contributed by atoms with Gasteiger partial charge < -0.3 is 9.47 Å². The second-order valence-corrected chi connectivity index (χ2v) is 11.2. The van der Waals surface area contributed by atoms with E-state index >= 15 is 0 Å². The summed E-state index contributed by atoms with van der Waals surface area (Å²) in [7, 11) is -5.65. The maximum Gasteiger partial charge on any atom is 0.243 e. The first-order chi connectivity index (χ1) is 14.7. The van der Waals surface area contributed by atoms with Crippen molar-refractivity contribution >= 4 is 20.0 Å². The summed E-state index contributed by atoms with van der Waals surface area (Å²) < 4.78 is 64.8. The van der Waals surface area contributed by atoms with E-state index < -0.39 is 20.0 Å². The predicted octanol–water partition coefficient (Wildman–Crippen LogP) is 1.86. The normalized spacial score (nSPS) is 16.3. The van der Waals surface area contributed by atoms with Crippen LogP contribution in [0.1, 0.15) is 11.1 Å². The molecule has 2 aromatic carbocycles. The van der Waals surface area contributed by atoms with Gasteiger partial charge in [-0.1, -0.05) is 30.3 Å². The number of hydrogen-bond acceptors (Lipinski definition) is 6. The summed E-state index contributed by atoms with van der Waals surface area (Å²) in [5.74, 6) is 0.512. The third-order valence-corrected chi connectivity index (χ3v) is 8.86. The molecule has 0 saturated carbocycles. The Kier molecular flexibility index (Phi) is 7.71. The number of hydrogen-bond donors (Lipinski definition) is 0. The fraction of sp³-hybridized carbons (Fsp3) is 0.429. The van der Waals surface area contributed by atoms with E-state index in [9.17, 15) is 16.8 Å². The number of nitrogens with zero attached hydrogens (tertiary/aromatic N) is 2. The van der Waals surface area contributed by atoms with Crippen molar-refractivity contribution in [2.75, 3.05) is 46.5 Å². The van der Waals surface area contributed by atoms with Crippen molar-refractivity contribution in [1.29, 1.82) is 0 Å². The van der Waals surface area contributed by atoms with Crippen LogP contribution in [-0.2, 0) is 30.5 Å². The van der Waals surface area contributed by atoms with Gasteiger partial charge in [0.05, 0.1) is 17.3 Å². The van der Waals surface area contributed by atoms with Gasteiger partial charge in [0.2, 0.25) is 20.0 Å². The van der Waals surface area contributed by atoms with Crippen molar-refractivity contribution in [2.45, 2.75) is 17.6 Å².